The highest BCUT2D eigenvalue weighted by atomic mass is 32.2. The van der Waals surface area contributed by atoms with Crippen LogP contribution in [0, 0.1) is 12.8 Å². The number of amides is 2. The molecule has 2 aromatic carbocycles. The Bertz CT molecular complexity index is 1210. The fourth-order valence-electron chi connectivity index (χ4n) is 4.61. The molecule has 182 valence electrons. The highest BCUT2D eigenvalue weighted by molar-refractivity contribution is 7.99. The summed E-state index contributed by atoms with van der Waals surface area (Å²) in [5.74, 6) is 1.68. The molecular formula is C27H31N5O2S. The van der Waals surface area contributed by atoms with Gasteiger partial charge in [-0.25, -0.2) is 0 Å². The molecule has 8 heteroatoms. The van der Waals surface area contributed by atoms with Crippen LogP contribution in [0.1, 0.15) is 36.7 Å². The summed E-state index contributed by atoms with van der Waals surface area (Å²) in [6, 6.07) is 18.5. The molecule has 0 bridgehead atoms. The number of rotatable bonds is 7. The standard InChI is InChI=1S/C27H31N5O2S/c1-19-7-6-10-23(15-19)32-24(16-21-8-4-3-5-9-21)28-29-27(32)35-18-25(33)30-13-14-31(20(2)17-30)26(34)22-11-12-22/h3-10,15,20,22H,11-14,16-18H2,1-2H3. The van der Waals surface area contributed by atoms with Crippen molar-refractivity contribution >= 4 is 23.6 Å². The maximum absolute atomic E-state index is 13.1. The first kappa shape index (κ1) is 23.6. The Kier molecular flexibility index (Phi) is 6.90. The minimum absolute atomic E-state index is 0.0548. The molecule has 1 saturated carbocycles. The molecule has 2 amide bonds. The topological polar surface area (TPSA) is 71.3 Å². The van der Waals surface area contributed by atoms with Crippen LogP contribution in [-0.2, 0) is 16.0 Å². The Morgan fingerprint density at radius 1 is 1.03 bits per heavy atom. The van der Waals surface area contributed by atoms with Gasteiger partial charge in [0.05, 0.1) is 5.75 Å². The zero-order chi connectivity index (χ0) is 24.4. The average Bonchev–Trinajstić information content (AvgIpc) is 3.64. The quantitative estimate of drug-likeness (QED) is 0.473. The van der Waals surface area contributed by atoms with Crippen molar-refractivity contribution in [3.8, 4) is 5.69 Å². The van der Waals surface area contributed by atoms with Crippen molar-refractivity contribution < 1.29 is 9.59 Å². The number of carbonyl (C=O) groups excluding carboxylic acids is 2. The van der Waals surface area contributed by atoms with Gasteiger partial charge < -0.3 is 9.80 Å². The van der Waals surface area contributed by atoms with E-state index in [9.17, 15) is 9.59 Å². The van der Waals surface area contributed by atoms with Gasteiger partial charge in [0.2, 0.25) is 11.8 Å². The van der Waals surface area contributed by atoms with Crippen molar-refractivity contribution in [2.75, 3.05) is 25.4 Å². The summed E-state index contributed by atoms with van der Waals surface area (Å²) >= 11 is 1.42. The molecule has 1 aliphatic heterocycles. The van der Waals surface area contributed by atoms with Crippen LogP contribution in [-0.4, -0.2) is 67.8 Å². The van der Waals surface area contributed by atoms with Crippen LogP contribution in [0.15, 0.2) is 59.8 Å². The first-order valence-electron chi connectivity index (χ1n) is 12.3. The molecule has 2 fully saturated rings. The fraction of sp³-hybridized carbons (Fsp3) is 0.407. The van der Waals surface area contributed by atoms with E-state index < -0.39 is 0 Å². The average molecular weight is 490 g/mol. The summed E-state index contributed by atoms with van der Waals surface area (Å²) in [5.41, 5.74) is 3.31. The van der Waals surface area contributed by atoms with Crippen molar-refractivity contribution in [2.45, 2.75) is 44.3 Å². The predicted octanol–water partition coefficient (Wildman–Crippen LogP) is 3.73. The van der Waals surface area contributed by atoms with Crippen LogP contribution >= 0.6 is 11.8 Å². The molecular weight excluding hydrogens is 458 g/mol. The van der Waals surface area contributed by atoms with Crippen LogP contribution in [0.25, 0.3) is 5.69 Å². The number of nitrogens with zero attached hydrogens (tertiary/aromatic N) is 5. The van der Waals surface area contributed by atoms with Crippen LogP contribution in [0.5, 0.6) is 0 Å². The molecule has 1 saturated heterocycles. The van der Waals surface area contributed by atoms with Crippen LogP contribution in [0.4, 0.5) is 0 Å². The van der Waals surface area contributed by atoms with Gasteiger partial charge in [-0.15, -0.1) is 10.2 Å². The largest absolute Gasteiger partial charge is 0.338 e. The molecule has 1 atom stereocenters. The number of carbonyl (C=O) groups is 2. The van der Waals surface area contributed by atoms with E-state index in [1.54, 1.807) is 0 Å². The molecule has 5 rings (SSSR count). The van der Waals surface area contributed by atoms with Gasteiger partial charge in [-0.2, -0.15) is 0 Å². The number of piperazine rings is 1. The lowest BCUT2D eigenvalue weighted by Gasteiger charge is -2.40. The van der Waals surface area contributed by atoms with Crippen LogP contribution < -0.4 is 0 Å². The summed E-state index contributed by atoms with van der Waals surface area (Å²) in [6.45, 7) is 5.90. The zero-order valence-corrected chi connectivity index (χ0v) is 21.1. The smallest absolute Gasteiger partial charge is 0.233 e. The number of benzene rings is 2. The van der Waals surface area contributed by atoms with Crippen molar-refractivity contribution in [1.82, 2.24) is 24.6 Å². The third-order valence-corrected chi connectivity index (χ3v) is 7.59. The highest BCUT2D eigenvalue weighted by Gasteiger charge is 2.38. The summed E-state index contributed by atoms with van der Waals surface area (Å²) < 4.78 is 2.06. The minimum atomic E-state index is 0.0548. The van der Waals surface area contributed by atoms with Gasteiger partial charge in [-0.05, 0) is 49.9 Å². The third kappa shape index (κ3) is 5.42. The van der Waals surface area contributed by atoms with Crippen LogP contribution in [0.3, 0.4) is 0 Å². The number of hydrogen-bond acceptors (Lipinski definition) is 5. The van der Waals surface area contributed by atoms with Crippen molar-refractivity contribution in [3.63, 3.8) is 0 Å². The zero-order valence-electron chi connectivity index (χ0n) is 20.3. The number of thioether (sulfide) groups is 1. The fourth-order valence-corrected chi connectivity index (χ4v) is 5.48. The van der Waals surface area contributed by atoms with Gasteiger partial charge >= 0.3 is 0 Å². The van der Waals surface area contributed by atoms with E-state index in [1.165, 1.54) is 11.8 Å². The van der Waals surface area contributed by atoms with Crippen molar-refractivity contribution in [1.29, 1.82) is 0 Å². The molecule has 2 aliphatic rings. The van der Waals surface area contributed by atoms with E-state index in [0.29, 0.717) is 37.0 Å². The van der Waals surface area contributed by atoms with Gasteiger partial charge in [0.1, 0.15) is 5.82 Å². The SMILES string of the molecule is Cc1cccc(-n2c(Cc3ccccc3)nnc2SCC(=O)N2CCN(C(=O)C3CC3)C(C)C2)c1. The number of aryl methyl sites for hydroxylation is 1. The van der Waals surface area contributed by atoms with E-state index in [1.807, 2.05) is 41.0 Å². The first-order chi connectivity index (χ1) is 17.0. The Balaban J connectivity index is 1.29. The molecule has 3 aromatic rings. The molecule has 1 aliphatic carbocycles. The Hall–Kier alpha value is -3.13. The Labute approximate surface area is 210 Å². The first-order valence-corrected chi connectivity index (χ1v) is 13.2. The normalized spacial score (nSPS) is 18.1. The predicted molar refractivity (Wildman–Crippen MR) is 137 cm³/mol. The molecule has 0 spiro atoms. The van der Waals surface area contributed by atoms with E-state index >= 15 is 0 Å². The third-order valence-electron chi connectivity index (χ3n) is 6.68. The van der Waals surface area contributed by atoms with Gasteiger partial charge in [0, 0.05) is 43.7 Å². The van der Waals surface area contributed by atoms with Gasteiger partial charge in [-0.1, -0.05) is 54.2 Å². The van der Waals surface area contributed by atoms with E-state index in [-0.39, 0.29) is 23.8 Å². The maximum atomic E-state index is 13.1. The number of hydrogen-bond donors (Lipinski definition) is 0. The summed E-state index contributed by atoms with van der Waals surface area (Å²) in [6.07, 6.45) is 2.68. The Morgan fingerprint density at radius 3 is 2.54 bits per heavy atom. The number of aromatic nitrogens is 3. The van der Waals surface area contributed by atoms with Crippen LogP contribution in [0.2, 0.25) is 0 Å². The Morgan fingerprint density at radius 2 is 1.83 bits per heavy atom. The van der Waals surface area contributed by atoms with Gasteiger partial charge in [-0.3, -0.25) is 14.2 Å². The maximum Gasteiger partial charge on any atom is 0.233 e. The van der Waals surface area contributed by atoms with E-state index in [0.717, 1.165) is 35.5 Å². The van der Waals surface area contributed by atoms with Gasteiger partial charge in [0.25, 0.3) is 0 Å². The summed E-state index contributed by atoms with van der Waals surface area (Å²) in [7, 11) is 0. The lowest BCUT2D eigenvalue weighted by Crippen LogP contribution is -2.56. The molecule has 1 aromatic heterocycles. The lowest BCUT2D eigenvalue weighted by molar-refractivity contribution is -0.142. The lowest BCUT2D eigenvalue weighted by atomic mass is 10.1. The molecule has 2 heterocycles. The summed E-state index contributed by atoms with van der Waals surface area (Å²) in [4.78, 5) is 29.4. The van der Waals surface area contributed by atoms with E-state index in [2.05, 4.69) is 52.0 Å². The van der Waals surface area contributed by atoms with Crippen molar-refractivity contribution in [2.24, 2.45) is 5.92 Å². The highest BCUT2D eigenvalue weighted by Crippen LogP contribution is 2.32. The monoisotopic (exact) mass is 489 g/mol. The molecule has 0 N–H and O–H groups in total. The van der Waals surface area contributed by atoms with Crippen molar-refractivity contribution in [3.05, 3.63) is 71.5 Å². The second-order valence-electron chi connectivity index (χ2n) is 9.52. The molecule has 35 heavy (non-hydrogen) atoms. The minimum Gasteiger partial charge on any atom is -0.338 e. The molecule has 0 radical (unpaired) electrons. The second kappa shape index (κ2) is 10.2. The van der Waals surface area contributed by atoms with E-state index in [4.69, 9.17) is 0 Å². The second-order valence-corrected chi connectivity index (χ2v) is 10.5. The van der Waals surface area contributed by atoms with Gasteiger partial charge in [0.15, 0.2) is 5.16 Å². The molecule has 1 unspecified atom stereocenters. The molecule has 7 nitrogen and oxygen atoms in total. The summed E-state index contributed by atoms with van der Waals surface area (Å²) in [5, 5.41) is 9.67.